The molecule has 16 rings (SSSR count). The maximum atomic E-state index is 2.49. The predicted octanol–water partition coefficient (Wildman–Crippen LogP) is 23.0. The molecule has 0 radical (unpaired) electrons. The summed E-state index contributed by atoms with van der Waals surface area (Å²) >= 11 is 0. The molecular weight excluding hydrogens is 1050 g/mol. The Bertz CT molecular complexity index is 4830. The fraction of sp³-hybridized carbons (Fsp3) is 0. The van der Waals surface area contributed by atoms with Crippen LogP contribution >= 0.6 is 0 Å². The molecule has 3 nitrogen and oxygen atoms in total. The highest BCUT2D eigenvalue weighted by molar-refractivity contribution is 6.21. The van der Waals surface area contributed by atoms with Crippen LogP contribution in [0.4, 0.5) is 17.1 Å². The Morgan fingerprint density at radius 3 is 0.805 bits per heavy atom. The van der Waals surface area contributed by atoms with Gasteiger partial charge in [-0.05, 0) is 139 Å². The first-order valence-corrected chi connectivity index (χ1v) is 29.9. The maximum absolute atomic E-state index is 2.49. The quantitative estimate of drug-likeness (QED) is 0.119. The number of aromatic nitrogens is 2. The number of rotatable bonds is 12. The minimum absolute atomic E-state index is 1.06. The molecule has 2 aromatic heterocycles. The lowest BCUT2D eigenvalue weighted by molar-refractivity contribution is 1.14. The van der Waals surface area contributed by atoms with Crippen molar-refractivity contribution in [3.05, 3.63) is 346 Å². The fourth-order valence-corrected chi connectivity index (χ4v) is 13.4. The van der Waals surface area contributed by atoms with Gasteiger partial charge in [-0.3, -0.25) is 0 Å². The lowest BCUT2D eigenvalue weighted by Gasteiger charge is -2.26. The molecular formula is C84H57N3. The Hall–Kier alpha value is -11.5. The number of hydrogen-bond donors (Lipinski definition) is 0. The van der Waals surface area contributed by atoms with Gasteiger partial charge in [-0.25, -0.2) is 0 Å². The van der Waals surface area contributed by atoms with Crippen LogP contribution in [-0.2, 0) is 0 Å². The predicted molar refractivity (Wildman–Crippen MR) is 368 cm³/mol. The van der Waals surface area contributed by atoms with Gasteiger partial charge in [-0.15, -0.1) is 0 Å². The molecule has 0 atom stereocenters. The molecule has 3 heteroatoms. The second-order valence-corrected chi connectivity index (χ2v) is 22.3. The molecule has 0 N–H and O–H groups in total. The first-order chi connectivity index (χ1) is 43.2. The Morgan fingerprint density at radius 1 is 0.195 bits per heavy atom. The molecule has 0 aliphatic rings. The van der Waals surface area contributed by atoms with Crippen molar-refractivity contribution in [3.63, 3.8) is 0 Å². The van der Waals surface area contributed by atoms with Gasteiger partial charge >= 0.3 is 0 Å². The van der Waals surface area contributed by atoms with E-state index >= 15 is 0 Å². The molecule has 87 heavy (non-hydrogen) atoms. The molecule has 0 aliphatic heterocycles. The van der Waals surface area contributed by atoms with Crippen molar-refractivity contribution >= 4 is 60.4 Å². The van der Waals surface area contributed by atoms with Gasteiger partial charge in [0.15, 0.2) is 0 Å². The number of benzene rings is 14. The molecule has 0 fully saturated rings. The molecule has 16 aromatic rings. The van der Waals surface area contributed by atoms with E-state index in [0.29, 0.717) is 0 Å². The van der Waals surface area contributed by atoms with Crippen LogP contribution in [0.1, 0.15) is 0 Å². The number of para-hydroxylation sites is 2. The summed E-state index contributed by atoms with van der Waals surface area (Å²) < 4.78 is 4.98. The molecule has 408 valence electrons. The topological polar surface area (TPSA) is 13.1 Å². The summed E-state index contributed by atoms with van der Waals surface area (Å²) in [7, 11) is 0. The molecule has 0 spiro atoms. The first-order valence-electron chi connectivity index (χ1n) is 29.9. The van der Waals surface area contributed by atoms with Gasteiger partial charge in [-0.2, -0.15) is 0 Å². The van der Waals surface area contributed by atoms with Gasteiger partial charge in [0, 0.05) is 61.1 Å². The van der Waals surface area contributed by atoms with Gasteiger partial charge in [0.05, 0.1) is 22.4 Å². The van der Waals surface area contributed by atoms with Gasteiger partial charge in [-0.1, -0.05) is 273 Å². The van der Waals surface area contributed by atoms with E-state index in [9.17, 15) is 0 Å². The average Bonchev–Trinajstić information content (AvgIpc) is 1.62. The van der Waals surface area contributed by atoms with E-state index < -0.39 is 0 Å². The zero-order valence-corrected chi connectivity index (χ0v) is 47.8. The highest BCUT2D eigenvalue weighted by Gasteiger charge is 2.27. The van der Waals surface area contributed by atoms with E-state index in [1.54, 1.807) is 0 Å². The van der Waals surface area contributed by atoms with Crippen molar-refractivity contribution in [2.45, 2.75) is 0 Å². The van der Waals surface area contributed by atoms with E-state index in [-0.39, 0.29) is 0 Å². The Morgan fingerprint density at radius 2 is 0.460 bits per heavy atom. The zero-order chi connectivity index (χ0) is 57.6. The van der Waals surface area contributed by atoms with Gasteiger partial charge in [0.25, 0.3) is 0 Å². The van der Waals surface area contributed by atoms with E-state index in [1.165, 1.54) is 110 Å². The van der Waals surface area contributed by atoms with Crippen LogP contribution in [-0.4, -0.2) is 9.13 Å². The molecule has 0 saturated carbocycles. The molecule has 0 aliphatic carbocycles. The summed E-state index contributed by atoms with van der Waals surface area (Å²) in [5, 5.41) is 7.21. The van der Waals surface area contributed by atoms with Crippen molar-refractivity contribution in [1.29, 1.82) is 0 Å². The van der Waals surface area contributed by atoms with Crippen molar-refractivity contribution in [2.75, 3.05) is 4.90 Å². The highest BCUT2D eigenvalue weighted by atomic mass is 15.1. The summed E-state index contributed by atoms with van der Waals surface area (Å²) in [4.78, 5) is 2.39. The van der Waals surface area contributed by atoms with E-state index in [0.717, 1.165) is 39.6 Å². The monoisotopic (exact) mass is 1110 g/mol. The third-order valence-electron chi connectivity index (χ3n) is 17.3. The van der Waals surface area contributed by atoms with E-state index in [2.05, 4.69) is 360 Å². The van der Waals surface area contributed by atoms with Crippen LogP contribution < -0.4 is 4.90 Å². The third-order valence-corrected chi connectivity index (χ3v) is 17.3. The van der Waals surface area contributed by atoms with Crippen molar-refractivity contribution in [3.8, 4) is 89.5 Å². The Balaban J connectivity index is 0.862. The van der Waals surface area contributed by atoms with Crippen molar-refractivity contribution in [1.82, 2.24) is 9.13 Å². The van der Waals surface area contributed by atoms with Gasteiger partial charge < -0.3 is 14.0 Å². The molecule has 0 unspecified atom stereocenters. The summed E-state index contributed by atoms with van der Waals surface area (Å²) in [6.07, 6.45) is 0. The zero-order valence-electron chi connectivity index (χ0n) is 47.8. The largest absolute Gasteiger partial charge is 0.311 e. The van der Waals surface area contributed by atoms with E-state index in [4.69, 9.17) is 0 Å². The molecule has 0 amide bonds. The molecule has 0 bridgehead atoms. The number of hydrogen-bond acceptors (Lipinski definition) is 1. The van der Waals surface area contributed by atoms with Crippen LogP contribution in [0.15, 0.2) is 346 Å². The third kappa shape index (κ3) is 9.00. The smallest absolute Gasteiger partial charge is 0.0620 e. The second-order valence-electron chi connectivity index (χ2n) is 22.3. The highest BCUT2D eigenvalue weighted by Crippen LogP contribution is 2.50. The van der Waals surface area contributed by atoms with Gasteiger partial charge in [0.2, 0.25) is 0 Å². The summed E-state index contributed by atoms with van der Waals surface area (Å²) in [6, 6.07) is 126. The van der Waals surface area contributed by atoms with Gasteiger partial charge in [0.1, 0.15) is 0 Å². The normalized spacial score (nSPS) is 11.4. The fourth-order valence-electron chi connectivity index (χ4n) is 13.4. The maximum Gasteiger partial charge on any atom is 0.0620 e. The summed E-state index contributed by atoms with van der Waals surface area (Å²) in [6.45, 7) is 0. The van der Waals surface area contributed by atoms with Crippen molar-refractivity contribution in [2.24, 2.45) is 0 Å². The number of nitrogens with zero attached hydrogens (tertiary/aromatic N) is 3. The summed E-state index contributed by atoms with van der Waals surface area (Å²) in [5.74, 6) is 0. The number of anilines is 3. The standard InChI is InChI=1S/C84H57N3/c1-8-26-58(27-9-1)59-44-50-68(51-45-59)85(69-52-46-60(47-53-69)75-56-77-79(62-28-10-2-11-29-62)81(64-32-14-4-15-33-64)86(66-36-18-6-19-37-66)83(77)73-42-24-22-40-71(73)75)70-54-48-61(49-55-70)76-57-78-80(63-30-12-3-13-31-63)82(65-34-16-5-17-35-65)87(67-38-20-7-21-39-67)84(78)74-43-25-23-41-72(74)76/h1-57H. The van der Waals surface area contributed by atoms with Crippen molar-refractivity contribution < 1.29 is 0 Å². The first kappa shape index (κ1) is 51.1. The second kappa shape index (κ2) is 21.9. The SMILES string of the molecule is c1ccc(-c2ccc(N(c3ccc(-c4cc5c(-c6ccccc6)c(-c6ccccc6)n(-c6ccccc6)c5c5ccccc45)cc3)c3ccc(-c4cc5c(-c6ccccc6)c(-c6ccccc6)n(-c6ccccc6)c5c5ccccc45)cc3)cc2)cc1. The average molecular weight is 1110 g/mol. The summed E-state index contributed by atoms with van der Waals surface area (Å²) in [5.41, 5.74) is 24.3. The van der Waals surface area contributed by atoms with Crippen LogP contribution in [0.25, 0.3) is 133 Å². The van der Waals surface area contributed by atoms with Crippen LogP contribution in [0.2, 0.25) is 0 Å². The minimum Gasteiger partial charge on any atom is -0.311 e. The Kier molecular flexibility index (Phi) is 12.9. The minimum atomic E-state index is 1.06. The molecule has 14 aromatic carbocycles. The van der Waals surface area contributed by atoms with Crippen LogP contribution in [0.3, 0.4) is 0 Å². The molecule has 0 saturated heterocycles. The Labute approximate surface area is 506 Å². The van der Waals surface area contributed by atoms with E-state index in [1.807, 2.05) is 0 Å². The lowest BCUT2D eigenvalue weighted by atomic mass is 9.92. The number of fused-ring (bicyclic) bond motifs is 6. The lowest BCUT2D eigenvalue weighted by Crippen LogP contribution is -2.09. The van der Waals surface area contributed by atoms with Crippen LogP contribution in [0.5, 0.6) is 0 Å². The van der Waals surface area contributed by atoms with Crippen LogP contribution in [0, 0.1) is 0 Å². The molecule has 2 heterocycles.